The maximum Gasteiger partial charge on any atom is 0.249 e. The van der Waals surface area contributed by atoms with E-state index in [2.05, 4.69) is 31.2 Å². The molecule has 2 aromatic carbocycles. The van der Waals surface area contributed by atoms with Crippen molar-refractivity contribution >= 4 is 46.0 Å². The first kappa shape index (κ1) is 20.4. The third-order valence-corrected chi connectivity index (χ3v) is 5.27. The van der Waals surface area contributed by atoms with Gasteiger partial charge in [-0.1, -0.05) is 36.7 Å². The van der Waals surface area contributed by atoms with E-state index in [1.165, 1.54) is 0 Å². The fourth-order valence-corrected chi connectivity index (χ4v) is 3.85. The Kier molecular flexibility index (Phi) is 6.32. The summed E-state index contributed by atoms with van der Waals surface area (Å²) in [6.07, 6.45) is 0.879. The van der Waals surface area contributed by atoms with Crippen molar-refractivity contribution in [3.8, 4) is 11.5 Å². The topological polar surface area (TPSA) is 97.0 Å². The van der Waals surface area contributed by atoms with Gasteiger partial charge in [0.2, 0.25) is 17.7 Å². The van der Waals surface area contributed by atoms with Gasteiger partial charge in [-0.15, -0.1) is 10.2 Å². The lowest BCUT2D eigenvalue weighted by molar-refractivity contribution is -0.117. The molecule has 0 saturated carbocycles. The molecule has 0 fully saturated rings. The molecule has 0 aliphatic rings. The van der Waals surface area contributed by atoms with Crippen molar-refractivity contribution in [3.05, 3.63) is 53.4 Å². The molecule has 0 radical (unpaired) electrons. The van der Waals surface area contributed by atoms with Crippen LogP contribution in [0.25, 0.3) is 22.5 Å². The number of aromatic nitrogens is 4. The standard InChI is InChI=1S/C20H19ClN6O2S/c1-2-10-27(11-17(28)22-15-8-5-9-16-19(15)26-30-25-16)12-18-23-24-20(29-18)13-6-3-4-7-14(13)21/h3-9H,2,10-12H2,1H3,(H,22,28). The van der Waals surface area contributed by atoms with E-state index in [1.54, 1.807) is 6.07 Å². The zero-order chi connectivity index (χ0) is 20.9. The minimum atomic E-state index is -0.144. The van der Waals surface area contributed by atoms with E-state index in [9.17, 15) is 4.79 Å². The number of nitrogens with one attached hydrogen (secondary N) is 1. The van der Waals surface area contributed by atoms with E-state index < -0.39 is 0 Å². The van der Waals surface area contributed by atoms with Gasteiger partial charge in [-0.25, -0.2) is 0 Å². The van der Waals surface area contributed by atoms with Crippen LogP contribution in [0.4, 0.5) is 5.69 Å². The summed E-state index contributed by atoms with van der Waals surface area (Å²) in [6, 6.07) is 12.8. The molecule has 0 unspecified atom stereocenters. The van der Waals surface area contributed by atoms with Crippen LogP contribution in [0.1, 0.15) is 19.2 Å². The van der Waals surface area contributed by atoms with E-state index in [-0.39, 0.29) is 12.5 Å². The van der Waals surface area contributed by atoms with Gasteiger partial charge in [-0.3, -0.25) is 9.69 Å². The molecule has 2 heterocycles. The summed E-state index contributed by atoms with van der Waals surface area (Å²) in [5.41, 5.74) is 2.80. The van der Waals surface area contributed by atoms with Gasteiger partial charge in [0.25, 0.3) is 0 Å². The number of nitrogens with zero attached hydrogens (tertiary/aromatic N) is 5. The largest absolute Gasteiger partial charge is 0.419 e. The quantitative estimate of drug-likeness (QED) is 0.435. The van der Waals surface area contributed by atoms with Crippen LogP contribution in [0.2, 0.25) is 5.02 Å². The summed E-state index contributed by atoms with van der Waals surface area (Å²) in [5.74, 6) is 0.644. The Hall–Kier alpha value is -2.88. The molecule has 154 valence electrons. The number of fused-ring (bicyclic) bond motifs is 1. The number of benzene rings is 2. The molecule has 0 atom stereocenters. The second-order valence-electron chi connectivity index (χ2n) is 6.68. The van der Waals surface area contributed by atoms with Crippen LogP contribution in [0.5, 0.6) is 0 Å². The fraction of sp³-hybridized carbons (Fsp3) is 0.250. The number of amides is 1. The SMILES string of the molecule is CCCN(CC(=O)Nc1cccc2nsnc12)Cc1nnc(-c2ccccc2Cl)o1. The zero-order valence-electron chi connectivity index (χ0n) is 16.2. The van der Waals surface area contributed by atoms with Crippen molar-refractivity contribution in [1.82, 2.24) is 23.8 Å². The molecular weight excluding hydrogens is 424 g/mol. The van der Waals surface area contributed by atoms with Gasteiger partial charge in [0, 0.05) is 0 Å². The van der Waals surface area contributed by atoms with Crippen LogP contribution in [-0.4, -0.2) is 42.8 Å². The molecule has 4 aromatic rings. The van der Waals surface area contributed by atoms with Crippen LogP contribution < -0.4 is 5.32 Å². The highest BCUT2D eigenvalue weighted by Gasteiger charge is 2.17. The molecule has 0 saturated heterocycles. The van der Waals surface area contributed by atoms with Crippen LogP contribution in [0.3, 0.4) is 0 Å². The van der Waals surface area contributed by atoms with E-state index in [0.29, 0.717) is 46.7 Å². The van der Waals surface area contributed by atoms with Gasteiger partial charge in [-0.2, -0.15) is 8.75 Å². The lowest BCUT2D eigenvalue weighted by Gasteiger charge is -2.19. The molecule has 0 bridgehead atoms. The minimum Gasteiger partial charge on any atom is -0.419 e. The molecule has 2 aromatic heterocycles. The lowest BCUT2D eigenvalue weighted by Crippen LogP contribution is -2.33. The zero-order valence-corrected chi connectivity index (χ0v) is 17.8. The molecule has 1 N–H and O–H groups in total. The van der Waals surface area contributed by atoms with Gasteiger partial charge < -0.3 is 9.73 Å². The third-order valence-electron chi connectivity index (χ3n) is 4.40. The average molecular weight is 443 g/mol. The van der Waals surface area contributed by atoms with Crippen LogP contribution in [-0.2, 0) is 11.3 Å². The van der Waals surface area contributed by atoms with Crippen molar-refractivity contribution in [1.29, 1.82) is 0 Å². The first-order valence-corrected chi connectivity index (χ1v) is 10.6. The maximum absolute atomic E-state index is 12.6. The Morgan fingerprint density at radius 1 is 1.17 bits per heavy atom. The highest BCUT2D eigenvalue weighted by atomic mass is 35.5. The van der Waals surface area contributed by atoms with Gasteiger partial charge in [0.1, 0.15) is 11.0 Å². The van der Waals surface area contributed by atoms with Crippen molar-refractivity contribution in [2.75, 3.05) is 18.4 Å². The number of carbonyl (C=O) groups is 1. The Balaban J connectivity index is 1.43. The maximum atomic E-state index is 12.6. The van der Waals surface area contributed by atoms with Gasteiger partial charge in [-0.05, 0) is 37.2 Å². The smallest absolute Gasteiger partial charge is 0.249 e. The summed E-state index contributed by atoms with van der Waals surface area (Å²) < 4.78 is 14.2. The average Bonchev–Trinajstić information content (AvgIpc) is 3.38. The first-order chi connectivity index (χ1) is 14.6. The van der Waals surface area contributed by atoms with Crippen molar-refractivity contribution in [2.45, 2.75) is 19.9 Å². The normalized spacial score (nSPS) is 11.3. The number of anilines is 1. The van der Waals surface area contributed by atoms with E-state index >= 15 is 0 Å². The fourth-order valence-electron chi connectivity index (χ4n) is 3.08. The number of hydrogen-bond acceptors (Lipinski definition) is 8. The van der Waals surface area contributed by atoms with Gasteiger partial charge in [0.05, 0.1) is 41.1 Å². The molecule has 0 aliphatic heterocycles. The van der Waals surface area contributed by atoms with Gasteiger partial charge in [0.15, 0.2) is 0 Å². The predicted molar refractivity (Wildman–Crippen MR) is 116 cm³/mol. The Labute approximate surface area is 182 Å². The molecule has 30 heavy (non-hydrogen) atoms. The van der Waals surface area contributed by atoms with Crippen molar-refractivity contribution in [3.63, 3.8) is 0 Å². The second kappa shape index (κ2) is 9.29. The highest BCUT2D eigenvalue weighted by Crippen LogP contribution is 2.26. The van der Waals surface area contributed by atoms with Crippen LogP contribution >= 0.6 is 23.3 Å². The molecular formula is C20H19ClN6O2S. The highest BCUT2D eigenvalue weighted by molar-refractivity contribution is 7.00. The van der Waals surface area contributed by atoms with Crippen molar-refractivity contribution in [2.24, 2.45) is 0 Å². The number of rotatable bonds is 8. The summed E-state index contributed by atoms with van der Waals surface area (Å²) in [7, 11) is 0. The number of hydrogen-bond donors (Lipinski definition) is 1. The van der Waals surface area contributed by atoms with E-state index in [0.717, 1.165) is 23.7 Å². The summed E-state index contributed by atoms with van der Waals surface area (Å²) >= 11 is 7.32. The second-order valence-corrected chi connectivity index (χ2v) is 7.61. The van der Waals surface area contributed by atoms with Gasteiger partial charge >= 0.3 is 0 Å². The Morgan fingerprint density at radius 2 is 2.03 bits per heavy atom. The van der Waals surface area contributed by atoms with Crippen molar-refractivity contribution < 1.29 is 9.21 Å². The van der Waals surface area contributed by atoms with E-state index in [1.807, 2.05) is 41.3 Å². The lowest BCUT2D eigenvalue weighted by atomic mass is 10.2. The molecule has 0 spiro atoms. The summed E-state index contributed by atoms with van der Waals surface area (Å²) in [4.78, 5) is 14.6. The number of halogens is 1. The molecule has 10 heteroatoms. The molecule has 0 aliphatic carbocycles. The number of carbonyl (C=O) groups excluding carboxylic acids is 1. The predicted octanol–water partition coefficient (Wildman–Crippen LogP) is 4.25. The molecule has 1 amide bonds. The third kappa shape index (κ3) is 4.64. The summed E-state index contributed by atoms with van der Waals surface area (Å²) in [6.45, 7) is 3.31. The van der Waals surface area contributed by atoms with Crippen LogP contribution in [0, 0.1) is 0 Å². The Bertz CT molecular complexity index is 1160. The molecule has 4 rings (SSSR count). The van der Waals surface area contributed by atoms with Crippen LogP contribution in [0.15, 0.2) is 46.9 Å². The van der Waals surface area contributed by atoms with E-state index in [4.69, 9.17) is 16.0 Å². The minimum absolute atomic E-state index is 0.144. The summed E-state index contributed by atoms with van der Waals surface area (Å²) in [5, 5.41) is 11.7. The monoisotopic (exact) mass is 442 g/mol. The Morgan fingerprint density at radius 3 is 2.87 bits per heavy atom. The molecule has 8 nitrogen and oxygen atoms in total. The first-order valence-electron chi connectivity index (χ1n) is 9.45.